The first kappa shape index (κ1) is 21.2. The Morgan fingerprint density at radius 2 is 1.97 bits per heavy atom. The molecule has 4 atom stereocenters. The molecule has 3 aliphatic rings. The standard InChI is InChI=1S/C21H23F3O5S/c1-12(25)28-14-4-6-15-13(11-14)3-5-17-16(15)9-10-20(2)18(17)7-8-19(20)29-30(26,27)21(22,23)24/h4,6,8,11,16-18H,3,5,7,9-10H2,1-2H3/t16?,17?,18?,20-/m0/s1. The highest BCUT2D eigenvalue weighted by atomic mass is 32.2. The fourth-order valence-corrected chi connectivity index (χ4v) is 6.20. The van der Waals surface area contributed by atoms with E-state index in [1.165, 1.54) is 18.6 Å². The molecule has 164 valence electrons. The average Bonchev–Trinajstić information content (AvgIpc) is 2.96. The molecule has 0 aromatic heterocycles. The van der Waals surface area contributed by atoms with Crippen molar-refractivity contribution in [2.45, 2.75) is 57.4 Å². The second kappa shape index (κ2) is 7.00. The molecule has 0 aliphatic heterocycles. The van der Waals surface area contributed by atoms with Crippen LogP contribution in [0.3, 0.4) is 0 Å². The Morgan fingerprint density at radius 3 is 2.63 bits per heavy atom. The molecular weight excluding hydrogens is 421 g/mol. The topological polar surface area (TPSA) is 69.7 Å². The summed E-state index contributed by atoms with van der Waals surface area (Å²) in [5, 5.41) is 0. The van der Waals surface area contributed by atoms with Crippen LogP contribution in [0.15, 0.2) is 30.0 Å². The predicted octanol–water partition coefficient (Wildman–Crippen LogP) is 4.83. The van der Waals surface area contributed by atoms with E-state index in [2.05, 4.69) is 4.18 Å². The number of halogens is 3. The minimum atomic E-state index is -5.67. The van der Waals surface area contributed by atoms with E-state index in [-0.39, 0.29) is 29.5 Å². The zero-order valence-corrected chi connectivity index (χ0v) is 17.5. The summed E-state index contributed by atoms with van der Waals surface area (Å²) in [6.45, 7) is 3.17. The number of rotatable bonds is 3. The van der Waals surface area contributed by atoms with Gasteiger partial charge in [0, 0.05) is 12.3 Å². The Labute approximate surface area is 173 Å². The summed E-state index contributed by atoms with van der Waals surface area (Å²) in [7, 11) is -5.67. The Bertz CT molecular complexity index is 1010. The van der Waals surface area contributed by atoms with Crippen molar-refractivity contribution >= 4 is 16.1 Å². The molecule has 1 saturated carbocycles. The van der Waals surface area contributed by atoms with Crippen molar-refractivity contribution in [2.75, 3.05) is 0 Å². The van der Waals surface area contributed by atoms with Gasteiger partial charge in [-0.1, -0.05) is 13.0 Å². The number of hydrogen-bond donors (Lipinski definition) is 0. The first-order valence-electron chi connectivity index (χ1n) is 9.95. The molecular formula is C21H23F3O5S. The van der Waals surface area contributed by atoms with Crippen LogP contribution in [0, 0.1) is 17.3 Å². The van der Waals surface area contributed by atoms with Crippen molar-refractivity contribution < 1.29 is 35.3 Å². The number of alkyl halides is 3. The van der Waals surface area contributed by atoms with Gasteiger partial charge in [0.25, 0.3) is 0 Å². The molecule has 30 heavy (non-hydrogen) atoms. The van der Waals surface area contributed by atoms with Crippen LogP contribution in [0.1, 0.15) is 56.6 Å². The average molecular weight is 444 g/mol. The van der Waals surface area contributed by atoms with Gasteiger partial charge in [-0.2, -0.15) is 21.6 Å². The van der Waals surface area contributed by atoms with Crippen LogP contribution in [-0.4, -0.2) is 19.9 Å². The molecule has 4 rings (SSSR count). The van der Waals surface area contributed by atoms with Crippen LogP contribution < -0.4 is 4.74 Å². The van der Waals surface area contributed by atoms with Crippen molar-refractivity contribution in [1.82, 2.24) is 0 Å². The lowest BCUT2D eigenvalue weighted by atomic mass is 9.55. The monoisotopic (exact) mass is 444 g/mol. The third kappa shape index (κ3) is 3.40. The molecule has 0 saturated heterocycles. The lowest BCUT2D eigenvalue weighted by Gasteiger charge is -2.49. The fourth-order valence-electron chi connectivity index (χ4n) is 5.61. The minimum Gasteiger partial charge on any atom is -0.427 e. The Hall–Kier alpha value is -2.03. The molecule has 0 bridgehead atoms. The van der Waals surface area contributed by atoms with Crippen molar-refractivity contribution in [3.63, 3.8) is 0 Å². The van der Waals surface area contributed by atoms with Crippen LogP contribution in [0.4, 0.5) is 13.2 Å². The van der Waals surface area contributed by atoms with Crippen molar-refractivity contribution in [1.29, 1.82) is 0 Å². The van der Waals surface area contributed by atoms with Gasteiger partial charge in [-0.15, -0.1) is 0 Å². The molecule has 1 aromatic carbocycles. The summed E-state index contributed by atoms with van der Waals surface area (Å²) in [6.07, 6.45) is 4.91. The Balaban J connectivity index is 1.57. The number of ether oxygens (including phenoxy) is 1. The van der Waals surface area contributed by atoms with Gasteiger partial charge in [-0.05, 0) is 79.2 Å². The van der Waals surface area contributed by atoms with Gasteiger partial charge in [0.2, 0.25) is 0 Å². The third-order valence-electron chi connectivity index (χ3n) is 6.95. The van der Waals surface area contributed by atoms with E-state index in [4.69, 9.17) is 4.74 Å². The number of hydrogen-bond acceptors (Lipinski definition) is 5. The van der Waals surface area contributed by atoms with Crippen LogP contribution in [-0.2, 0) is 25.5 Å². The van der Waals surface area contributed by atoms with Crippen LogP contribution in [0.5, 0.6) is 5.75 Å². The van der Waals surface area contributed by atoms with Crippen molar-refractivity contribution in [2.24, 2.45) is 17.3 Å². The van der Waals surface area contributed by atoms with Crippen LogP contribution in [0.25, 0.3) is 0 Å². The van der Waals surface area contributed by atoms with Gasteiger partial charge in [-0.25, -0.2) is 0 Å². The van der Waals surface area contributed by atoms with E-state index in [0.29, 0.717) is 18.6 Å². The number of allylic oxidation sites excluding steroid dienone is 2. The molecule has 0 amide bonds. The number of fused-ring (bicyclic) bond motifs is 5. The van der Waals surface area contributed by atoms with E-state index >= 15 is 0 Å². The summed E-state index contributed by atoms with van der Waals surface area (Å²) in [6, 6.07) is 5.63. The lowest BCUT2D eigenvalue weighted by Crippen LogP contribution is -2.42. The van der Waals surface area contributed by atoms with Crippen LogP contribution >= 0.6 is 0 Å². The van der Waals surface area contributed by atoms with Gasteiger partial charge in [0.1, 0.15) is 11.5 Å². The maximum atomic E-state index is 12.8. The zero-order chi connectivity index (χ0) is 21.9. The maximum absolute atomic E-state index is 12.8. The highest BCUT2D eigenvalue weighted by Crippen LogP contribution is 2.61. The normalized spacial score (nSPS) is 30.6. The van der Waals surface area contributed by atoms with Crippen LogP contribution in [0.2, 0.25) is 0 Å². The molecule has 5 nitrogen and oxygen atoms in total. The Morgan fingerprint density at radius 1 is 1.23 bits per heavy atom. The fraction of sp³-hybridized carbons (Fsp3) is 0.571. The van der Waals surface area contributed by atoms with E-state index in [1.807, 2.05) is 19.1 Å². The highest BCUT2D eigenvalue weighted by Gasteiger charge is 2.56. The van der Waals surface area contributed by atoms with Crippen molar-refractivity contribution in [3.05, 3.63) is 41.2 Å². The summed E-state index contributed by atoms with van der Waals surface area (Å²) < 4.78 is 71.3. The molecule has 1 aromatic rings. The van der Waals surface area contributed by atoms with Gasteiger partial charge in [0.15, 0.2) is 0 Å². The predicted molar refractivity (Wildman–Crippen MR) is 102 cm³/mol. The smallest absolute Gasteiger partial charge is 0.427 e. The molecule has 9 heteroatoms. The van der Waals surface area contributed by atoms with Gasteiger partial charge in [-0.3, -0.25) is 4.79 Å². The van der Waals surface area contributed by atoms with E-state index in [1.54, 1.807) is 6.07 Å². The number of aryl methyl sites for hydroxylation is 1. The van der Waals surface area contributed by atoms with Crippen molar-refractivity contribution in [3.8, 4) is 5.75 Å². The number of carbonyl (C=O) groups is 1. The molecule has 0 heterocycles. The van der Waals surface area contributed by atoms with Gasteiger partial charge >= 0.3 is 21.6 Å². The molecule has 0 spiro atoms. The number of benzene rings is 1. The highest BCUT2D eigenvalue weighted by molar-refractivity contribution is 7.87. The third-order valence-corrected chi connectivity index (χ3v) is 7.92. The summed E-state index contributed by atoms with van der Waals surface area (Å²) in [5.74, 6) is 0.550. The molecule has 3 aliphatic carbocycles. The summed E-state index contributed by atoms with van der Waals surface area (Å²) in [4.78, 5) is 11.2. The largest absolute Gasteiger partial charge is 0.534 e. The van der Waals surface area contributed by atoms with E-state index in [9.17, 15) is 26.4 Å². The number of esters is 1. The summed E-state index contributed by atoms with van der Waals surface area (Å²) in [5.41, 5.74) is -3.86. The van der Waals surface area contributed by atoms with E-state index < -0.39 is 21.0 Å². The maximum Gasteiger partial charge on any atom is 0.534 e. The second-order valence-corrected chi connectivity index (χ2v) is 10.2. The molecule has 3 unspecified atom stereocenters. The number of carbonyl (C=O) groups excluding carboxylic acids is 1. The second-order valence-electron chi connectivity index (χ2n) is 8.61. The van der Waals surface area contributed by atoms with E-state index in [0.717, 1.165) is 24.8 Å². The molecule has 0 N–H and O–H groups in total. The SMILES string of the molecule is CC(=O)Oc1ccc2c(c1)CCC1C2CC[C@]2(C)C(OS(=O)(=O)C(F)(F)F)=CCC12. The minimum absolute atomic E-state index is 0.0241. The first-order chi connectivity index (χ1) is 13.9. The lowest BCUT2D eigenvalue weighted by molar-refractivity contribution is -0.131. The van der Waals surface area contributed by atoms with Gasteiger partial charge < -0.3 is 8.92 Å². The molecule has 1 fully saturated rings. The van der Waals surface area contributed by atoms with Gasteiger partial charge in [0.05, 0.1) is 0 Å². The first-order valence-corrected chi connectivity index (χ1v) is 11.4. The molecule has 0 radical (unpaired) electrons. The quantitative estimate of drug-likeness (QED) is 0.289. The Kier molecular flexibility index (Phi) is 4.95. The zero-order valence-electron chi connectivity index (χ0n) is 16.7. The summed E-state index contributed by atoms with van der Waals surface area (Å²) >= 11 is 0.